The first-order valence-electron chi connectivity index (χ1n) is 7.55. The maximum absolute atomic E-state index is 12.1. The van der Waals surface area contributed by atoms with Crippen LogP contribution >= 0.6 is 0 Å². The first-order valence-corrected chi connectivity index (χ1v) is 7.55. The number of nitrogens with one attached hydrogen (secondary N) is 2. The van der Waals surface area contributed by atoms with E-state index in [2.05, 4.69) is 10.6 Å². The molecule has 0 spiro atoms. The zero-order chi connectivity index (χ0) is 13.9. The second-order valence-electron chi connectivity index (χ2n) is 5.83. The highest BCUT2D eigenvalue weighted by atomic mass is 16.3. The van der Waals surface area contributed by atoms with Crippen LogP contribution in [0.5, 0.6) is 0 Å². The number of carbonyl (C=O) groups excluding carboxylic acids is 1. The maximum Gasteiger partial charge on any atom is 0.251 e. The van der Waals surface area contributed by atoms with E-state index in [-0.39, 0.29) is 11.8 Å². The predicted molar refractivity (Wildman–Crippen MR) is 77.6 cm³/mol. The first kappa shape index (κ1) is 13.6. The van der Waals surface area contributed by atoms with Crippen LogP contribution in [-0.4, -0.2) is 30.6 Å². The van der Waals surface area contributed by atoms with Crippen molar-refractivity contribution in [3.05, 3.63) is 34.9 Å². The van der Waals surface area contributed by atoms with Crippen LogP contribution in [0.25, 0.3) is 0 Å². The smallest absolute Gasteiger partial charge is 0.251 e. The second kappa shape index (κ2) is 5.94. The Morgan fingerprint density at radius 1 is 1.25 bits per heavy atom. The number of aryl methyl sites for hydroxylation is 1. The Hall–Kier alpha value is -1.39. The molecular weight excluding hydrogens is 252 g/mol. The molecule has 3 N–H and O–H groups in total. The van der Waals surface area contributed by atoms with Crippen LogP contribution in [0.4, 0.5) is 0 Å². The van der Waals surface area contributed by atoms with E-state index in [0.29, 0.717) is 0 Å². The van der Waals surface area contributed by atoms with Crippen molar-refractivity contribution in [3.63, 3.8) is 0 Å². The van der Waals surface area contributed by atoms with E-state index in [4.69, 9.17) is 0 Å². The minimum absolute atomic E-state index is 0.00619. The summed E-state index contributed by atoms with van der Waals surface area (Å²) in [4.78, 5) is 12.1. The Morgan fingerprint density at radius 2 is 2.15 bits per heavy atom. The van der Waals surface area contributed by atoms with Crippen molar-refractivity contribution in [3.8, 4) is 0 Å². The second-order valence-corrected chi connectivity index (χ2v) is 5.83. The standard InChI is InChI=1S/C16H22N2O2/c19-15(13-4-1-7-17-10-13)12-6-5-11-3-2-8-18-16(20)14(11)9-12/h5-6,9,13,15,17,19H,1-4,7-8,10H2,(H,18,20). The lowest BCUT2D eigenvalue weighted by molar-refractivity contribution is 0.0915. The van der Waals surface area contributed by atoms with E-state index in [1.54, 1.807) is 0 Å². The van der Waals surface area contributed by atoms with Crippen molar-refractivity contribution in [2.75, 3.05) is 19.6 Å². The number of hydrogen-bond donors (Lipinski definition) is 3. The van der Waals surface area contributed by atoms with Gasteiger partial charge in [-0.05, 0) is 49.4 Å². The van der Waals surface area contributed by atoms with Gasteiger partial charge >= 0.3 is 0 Å². The van der Waals surface area contributed by atoms with Crippen molar-refractivity contribution in [2.24, 2.45) is 5.92 Å². The predicted octanol–water partition coefficient (Wildman–Crippen LogP) is 1.40. The minimum atomic E-state index is -0.482. The summed E-state index contributed by atoms with van der Waals surface area (Å²) in [6.07, 6.45) is 3.57. The van der Waals surface area contributed by atoms with Gasteiger partial charge in [0.25, 0.3) is 5.91 Å². The highest BCUT2D eigenvalue weighted by Crippen LogP contribution is 2.29. The molecule has 2 aliphatic heterocycles. The third kappa shape index (κ3) is 2.72. The molecule has 0 radical (unpaired) electrons. The van der Waals surface area contributed by atoms with Gasteiger partial charge in [-0.3, -0.25) is 4.79 Å². The molecule has 1 aromatic rings. The lowest BCUT2D eigenvalue weighted by Gasteiger charge is -2.28. The summed E-state index contributed by atoms with van der Waals surface area (Å²) in [5, 5.41) is 16.8. The van der Waals surface area contributed by atoms with Gasteiger partial charge < -0.3 is 15.7 Å². The van der Waals surface area contributed by atoms with E-state index in [1.165, 1.54) is 0 Å². The van der Waals surface area contributed by atoms with Gasteiger partial charge in [0.15, 0.2) is 0 Å². The van der Waals surface area contributed by atoms with Gasteiger partial charge in [-0.25, -0.2) is 0 Å². The number of carbonyl (C=O) groups is 1. The van der Waals surface area contributed by atoms with Crippen molar-refractivity contribution in [1.82, 2.24) is 10.6 Å². The molecular formula is C16H22N2O2. The molecule has 1 fully saturated rings. The summed E-state index contributed by atoms with van der Waals surface area (Å²) in [6.45, 7) is 2.62. The Labute approximate surface area is 119 Å². The van der Waals surface area contributed by atoms with Crippen LogP contribution in [0.15, 0.2) is 18.2 Å². The normalized spacial score (nSPS) is 24.4. The van der Waals surface area contributed by atoms with E-state index in [0.717, 1.165) is 62.0 Å². The Morgan fingerprint density at radius 3 is 2.95 bits per heavy atom. The van der Waals surface area contributed by atoms with Crippen LogP contribution in [0, 0.1) is 5.92 Å². The summed E-state index contributed by atoms with van der Waals surface area (Å²) < 4.78 is 0. The molecule has 1 saturated heterocycles. The number of rotatable bonds is 2. The summed E-state index contributed by atoms with van der Waals surface area (Å²) in [5.41, 5.74) is 2.70. The van der Waals surface area contributed by atoms with Crippen molar-refractivity contribution in [2.45, 2.75) is 31.8 Å². The molecule has 2 heterocycles. The number of fused-ring (bicyclic) bond motifs is 1. The average molecular weight is 274 g/mol. The van der Waals surface area contributed by atoms with Crippen LogP contribution in [-0.2, 0) is 6.42 Å². The van der Waals surface area contributed by atoms with Crippen LogP contribution in [0.3, 0.4) is 0 Å². The minimum Gasteiger partial charge on any atom is -0.388 e. The largest absolute Gasteiger partial charge is 0.388 e. The fourth-order valence-corrected chi connectivity index (χ4v) is 3.20. The molecule has 0 aromatic heterocycles. The third-order valence-corrected chi connectivity index (χ3v) is 4.41. The van der Waals surface area contributed by atoms with Crippen LogP contribution in [0.1, 0.15) is 46.9 Å². The number of piperidine rings is 1. The van der Waals surface area contributed by atoms with E-state index in [9.17, 15) is 9.90 Å². The molecule has 3 rings (SSSR count). The molecule has 0 aliphatic carbocycles. The topological polar surface area (TPSA) is 61.4 Å². The quantitative estimate of drug-likeness (QED) is 0.764. The number of amides is 1. The molecule has 0 bridgehead atoms. The molecule has 2 aliphatic rings. The van der Waals surface area contributed by atoms with E-state index in [1.807, 2.05) is 18.2 Å². The van der Waals surface area contributed by atoms with E-state index < -0.39 is 6.10 Å². The Bertz CT molecular complexity index is 495. The molecule has 2 atom stereocenters. The van der Waals surface area contributed by atoms with Gasteiger partial charge in [0.1, 0.15) is 0 Å². The fraction of sp³-hybridized carbons (Fsp3) is 0.562. The Balaban J connectivity index is 1.85. The number of aliphatic hydroxyl groups excluding tert-OH is 1. The van der Waals surface area contributed by atoms with Gasteiger partial charge in [-0.2, -0.15) is 0 Å². The van der Waals surface area contributed by atoms with Gasteiger partial charge in [0.05, 0.1) is 6.10 Å². The van der Waals surface area contributed by atoms with Crippen LogP contribution in [0.2, 0.25) is 0 Å². The van der Waals surface area contributed by atoms with Gasteiger partial charge in [-0.1, -0.05) is 12.1 Å². The van der Waals surface area contributed by atoms with Crippen molar-refractivity contribution >= 4 is 5.91 Å². The molecule has 1 aromatic carbocycles. The molecule has 0 saturated carbocycles. The van der Waals surface area contributed by atoms with Gasteiger partial charge in [-0.15, -0.1) is 0 Å². The molecule has 108 valence electrons. The van der Waals surface area contributed by atoms with Gasteiger partial charge in [0, 0.05) is 24.6 Å². The van der Waals surface area contributed by atoms with Crippen molar-refractivity contribution < 1.29 is 9.90 Å². The van der Waals surface area contributed by atoms with Gasteiger partial charge in [0.2, 0.25) is 0 Å². The Kier molecular flexibility index (Phi) is 4.03. The summed E-state index contributed by atoms with van der Waals surface area (Å²) in [7, 11) is 0. The lowest BCUT2D eigenvalue weighted by Crippen LogP contribution is -2.33. The highest BCUT2D eigenvalue weighted by Gasteiger charge is 2.24. The van der Waals surface area contributed by atoms with Crippen molar-refractivity contribution in [1.29, 1.82) is 0 Å². The fourth-order valence-electron chi connectivity index (χ4n) is 3.20. The SMILES string of the molecule is O=C1NCCCc2ccc(C(O)C3CCCNC3)cc21. The number of benzene rings is 1. The number of aliphatic hydroxyl groups is 1. The molecule has 4 nitrogen and oxygen atoms in total. The summed E-state index contributed by atoms with van der Waals surface area (Å²) in [6, 6.07) is 5.88. The third-order valence-electron chi connectivity index (χ3n) is 4.41. The molecule has 20 heavy (non-hydrogen) atoms. The maximum atomic E-state index is 12.1. The molecule has 2 unspecified atom stereocenters. The molecule has 4 heteroatoms. The monoisotopic (exact) mass is 274 g/mol. The zero-order valence-electron chi connectivity index (χ0n) is 11.7. The number of hydrogen-bond acceptors (Lipinski definition) is 3. The highest BCUT2D eigenvalue weighted by molar-refractivity contribution is 5.96. The summed E-state index contributed by atoms with van der Waals surface area (Å²) >= 11 is 0. The van der Waals surface area contributed by atoms with E-state index >= 15 is 0 Å². The van der Waals surface area contributed by atoms with Crippen LogP contribution < -0.4 is 10.6 Å². The lowest BCUT2D eigenvalue weighted by atomic mass is 9.88. The molecule has 1 amide bonds. The zero-order valence-corrected chi connectivity index (χ0v) is 11.7. The first-order chi connectivity index (χ1) is 9.75. The summed E-state index contributed by atoms with van der Waals surface area (Å²) in [5.74, 6) is 0.240. The average Bonchev–Trinajstić information content (AvgIpc) is 2.69.